The van der Waals surface area contributed by atoms with Crippen LogP contribution in [0.3, 0.4) is 0 Å². The summed E-state index contributed by atoms with van der Waals surface area (Å²) in [4.78, 5) is 0. The van der Waals surface area contributed by atoms with Gasteiger partial charge in [0.15, 0.2) is 11.6 Å². The van der Waals surface area contributed by atoms with Crippen molar-refractivity contribution in [2.45, 2.75) is 33.1 Å². The fourth-order valence-electron chi connectivity index (χ4n) is 4.09. The van der Waals surface area contributed by atoms with Gasteiger partial charge in [-0.15, -0.1) is 9.24 Å². The second-order valence-electron chi connectivity index (χ2n) is 7.59. The molecule has 142 valence electrons. The minimum atomic E-state index is -0.488. The first-order valence-corrected chi connectivity index (χ1v) is 10.2. The summed E-state index contributed by atoms with van der Waals surface area (Å²) in [5.41, 5.74) is 8.48. The number of halogens is 1. The average Bonchev–Trinajstić information content (AvgIpc) is 2.86. The number of fused-ring (bicyclic) bond motifs is 1. The summed E-state index contributed by atoms with van der Waals surface area (Å²) < 4.78 is 14.8. The van der Waals surface area contributed by atoms with Crippen LogP contribution in [0.4, 0.5) is 4.39 Å². The summed E-state index contributed by atoms with van der Waals surface area (Å²) in [6, 6.07) is 18.2. The van der Waals surface area contributed by atoms with Crippen LogP contribution in [-0.2, 0) is 6.42 Å². The summed E-state index contributed by atoms with van der Waals surface area (Å²) >= 11 is 0. The first-order valence-electron chi connectivity index (χ1n) is 9.63. The molecule has 1 atom stereocenters. The quantitative estimate of drug-likeness (QED) is 0.537. The van der Waals surface area contributed by atoms with Crippen molar-refractivity contribution in [1.29, 1.82) is 0 Å². The van der Waals surface area contributed by atoms with E-state index in [1.807, 2.05) is 6.07 Å². The lowest BCUT2D eigenvalue weighted by molar-refractivity contribution is 0.428. The largest absolute Gasteiger partial charge is 0.505 e. The zero-order valence-corrected chi connectivity index (χ0v) is 17.4. The Morgan fingerprint density at radius 2 is 1.54 bits per heavy atom. The highest BCUT2D eigenvalue weighted by Crippen LogP contribution is 2.41. The van der Waals surface area contributed by atoms with Crippen molar-refractivity contribution in [3.8, 4) is 5.75 Å². The molecule has 0 fully saturated rings. The van der Waals surface area contributed by atoms with Crippen LogP contribution in [0.25, 0.3) is 11.1 Å². The zero-order chi connectivity index (χ0) is 19.8. The molecule has 0 amide bonds. The van der Waals surface area contributed by atoms with Gasteiger partial charge in [0.2, 0.25) is 0 Å². The lowest BCUT2D eigenvalue weighted by Gasteiger charge is -2.18. The molecule has 0 aliphatic heterocycles. The molecule has 0 heterocycles. The Kier molecular flexibility index (Phi) is 5.08. The number of aryl methyl sites for hydroxylation is 2. The third kappa shape index (κ3) is 3.38. The van der Waals surface area contributed by atoms with Crippen LogP contribution in [0.1, 0.15) is 46.2 Å². The lowest BCUT2D eigenvalue weighted by atomic mass is 9.87. The van der Waals surface area contributed by atoms with Gasteiger partial charge < -0.3 is 5.11 Å². The van der Waals surface area contributed by atoms with Gasteiger partial charge in [0, 0.05) is 0 Å². The Labute approximate surface area is 168 Å². The Morgan fingerprint density at radius 1 is 0.857 bits per heavy atom. The van der Waals surface area contributed by atoms with Crippen LogP contribution < -0.4 is 5.30 Å². The van der Waals surface area contributed by atoms with E-state index in [0.717, 1.165) is 34.8 Å². The third-order valence-corrected chi connectivity index (χ3v) is 6.00. The van der Waals surface area contributed by atoms with Gasteiger partial charge >= 0.3 is 0 Å². The summed E-state index contributed by atoms with van der Waals surface area (Å²) in [6.07, 6.45) is 2.32. The average molecular weight is 390 g/mol. The van der Waals surface area contributed by atoms with Gasteiger partial charge in [0.1, 0.15) is 0 Å². The number of benzene rings is 3. The Bertz CT molecular complexity index is 1080. The maximum Gasteiger partial charge on any atom is 0.168 e. The van der Waals surface area contributed by atoms with Gasteiger partial charge in [0.05, 0.1) is 0 Å². The van der Waals surface area contributed by atoms with Crippen LogP contribution in [0.5, 0.6) is 5.75 Å². The van der Waals surface area contributed by atoms with Crippen molar-refractivity contribution in [1.82, 2.24) is 0 Å². The highest BCUT2D eigenvalue weighted by Gasteiger charge is 2.24. The van der Waals surface area contributed by atoms with E-state index in [4.69, 9.17) is 0 Å². The van der Waals surface area contributed by atoms with Gasteiger partial charge in [-0.1, -0.05) is 59.7 Å². The monoisotopic (exact) mass is 390 g/mol. The van der Waals surface area contributed by atoms with Crippen molar-refractivity contribution in [3.63, 3.8) is 0 Å². The van der Waals surface area contributed by atoms with Crippen LogP contribution in [-0.4, -0.2) is 5.11 Å². The minimum Gasteiger partial charge on any atom is -0.505 e. The molecule has 3 aromatic carbocycles. The van der Waals surface area contributed by atoms with Crippen LogP contribution in [0, 0.1) is 19.7 Å². The van der Waals surface area contributed by atoms with E-state index in [2.05, 4.69) is 65.6 Å². The molecule has 0 saturated carbocycles. The lowest BCUT2D eigenvalue weighted by Crippen LogP contribution is -2.04. The van der Waals surface area contributed by atoms with Crippen molar-refractivity contribution in [2.75, 3.05) is 0 Å². The molecule has 0 saturated heterocycles. The molecule has 3 aromatic rings. The highest BCUT2D eigenvalue weighted by atomic mass is 31.0. The maximum atomic E-state index is 14.8. The molecule has 0 radical (unpaired) electrons. The van der Waals surface area contributed by atoms with E-state index in [0.29, 0.717) is 12.0 Å². The second-order valence-corrected chi connectivity index (χ2v) is 8.21. The molecule has 1 aliphatic carbocycles. The highest BCUT2D eigenvalue weighted by molar-refractivity contribution is 7.27. The molecule has 1 unspecified atom stereocenters. The van der Waals surface area contributed by atoms with Crippen LogP contribution in [0.2, 0.25) is 0 Å². The van der Waals surface area contributed by atoms with Gasteiger partial charge in [-0.2, -0.15) is 0 Å². The molecule has 1 aliphatic rings. The summed E-state index contributed by atoms with van der Waals surface area (Å²) in [5, 5.41) is 11.1. The number of phenols is 1. The minimum absolute atomic E-state index is 0.271. The summed E-state index contributed by atoms with van der Waals surface area (Å²) in [7, 11) is 2.85. The predicted octanol–water partition coefficient (Wildman–Crippen LogP) is 5.94. The molecule has 0 spiro atoms. The Hall–Kier alpha value is -2.44. The topological polar surface area (TPSA) is 20.2 Å². The second kappa shape index (κ2) is 7.53. The van der Waals surface area contributed by atoms with E-state index in [9.17, 15) is 9.50 Å². The van der Waals surface area contributed by atoms with Gasteiger partial charge in [-0.25, -0.2) is 4.39 Å². The Balaban J connectivity index is 2.06. The van der Waals surface area contributed by atoms with Gasteiger partial charge in [-0.3, -0.25) is 0 Å². The van der Waals surface area contributed by atoms with E-state index >= 15 is 0 Å². The predicted molar refractivity (Wildman–Crippen MR) is 119 cm³/mol. The first kappa shape index (κ1) is 18.9. The number of aromatic hydroxyl groups is 1. The van der Waals surface area contributed by atoms with Gasteiger partial charge in [-0.05, 0) is 77.9 Å². The Morgan fingerprint density at radius 3 is 2.25 bits per heavy atom. The van der Waals surface area contributed by atoms with Crippen LogP contribution >= 0.6 is 9.24 Å². The smallest absolute Gasteiger partial charge is 0.168 e. The first-order chi connectivity index (χ1) is 13.5. The molecule has 1 N–H and O–H groups in total. The third-order valence-electron chi connectivity index (χ3n) is 5.52. The summed E-state index contributed by atoms with van der Waals surface area (Å²) in [6.45, 7) is 4.16. The molecular weight excluding hydrogens is 366 g/mol. The van der Waals surface area contributed by atoms with E-state index in [1.54, 1.807) is 0 Å². The standard InChI is InChI=1S/C25H24FOP/c1-15-6-9-17(10-7-15)24-19(18-11-8-16(2)14-23(18)28)4-3-5-21-20(24)12-13-22(27)25(21)26/h6-14,27H,3-5,28H2,1-2H3. The molecule has 3 heteroatoms. The van der Waals surface area contributed by atoms with E-state index in [-0.39, 0.29) is 5.75 Å². The van der Waals surface area contributed by atoms with Gasteiger partial charge in [0.25, 0.3) is 0 Å². The maximum absolute atomic E-state index is 14.8. The van der Waals surface area contributed by atoms with E-state index < -0.39 is 5.82 Å². The molecule has 28 heavy (non-hydrogen) atoms. The van der Waals surface area contributed by atoms with Crippen molar-refractivity contribution < 1.29 is 9.50 Å². The molecule has 4 rings (SSSR count). The van der Waals surface area contributed by atoms with Crippen molar-refractivity contribution in [3.05, 3.63) is 93.8 Å². The normalized spacial score (nSPS) is 14.0. The number of allylic oxidation sites excluding steroid dienone is 1. The molecule has 0 aromatic heterocycles. The van der Waals surface area contributed by atoms with Crippen LogP contribution in [0.15, 0.2) is 54.6 Å². The SMILES string of the molecule is Cc1ccc(C2=C(c3ccc(C)cc3P)CCCc3c2ccc(O)c3F)cc1. The van der Waals surface area contributed by atoms with Crippen molar-refractivity contribution in [2.24, 2.45) is 0 Å². The molecule has 0 bridgehead atoms. The fourth-order valence-corrected chi connectivity index (χ4v) is 4.63. The number of rotatable bonds is 2. The van der Waals surface area contributed by atoms with Crippen molar-refractivity contribution >= 4 is 25.7 Å². The molecular formula is C25H24FOP. The number of hydrogen-bond acceptors (Lipinski definition) is 1. The van der Waals surface area contributed by atoms with E-state index in [1.165, 1.54) is 28.3 Å². The summed E-state index contributed by atoms with van der Waals surface area (Å²) in [5.74, 6) is -0.758. The molecule has 1 nitrogen and oxygen atoms in total. The number of hydrogen-bond donors (Lipinski definition) is 1. The fraction of sp³-hybridized carbons (Fsp3) is 0.200. The number of phenolic OH excluding ortho intramolecular Hbond substituents is 1. The zero-order valence-electron chi connectivity index (χ0n) is 16.2.